The second kappa shape index (κ2) is 6.35. The fraction of sp³-hybridized carbons (Fsp3) is 0.476. The molecule has 0 aromatic rings. The summed E-state index contributed by atoms with van der Waals surface area (Å²) in [4.78, 5) is 14.6. The van der Waals surface area contributed by atoms with Gasteiger partial charge in [-0.1, -0.05) is 50.6 Å². The zero-order valence-electron chi connectivity index (χ0n) is 14.2. The first kappa shape index (κ1) is 16.0. The molecule has 0 aromatic carbocycles. The lowest BCUT2D eigenvalue weighted by Gasteiger charge is -2.36. The van der Waals surface area contributed by atoms with E-state index in [0.29, 0.717) is 12.5 Å². The van der Waals surface area contributed by atoms with Gasteiger partial charge in [-0.05, 0) is 30.9 Å². The van der Waals surface area contributed by atoms with Crippen LogP contribution in [0.1, 0.15) is 44.9 Å². The van der Waals surface area contributed by atoms with E-state index in [4.69, 9.17) is 0 Å². The Kier molecular flexibility index (Phi) is 4.43. The molecule has 0 radical (unpaired) electrons. The Balaban J connectivity index is 1.88. The van der Waals surface area contributed by atoms with Crippen molar-refractivity contribution in [3.63, 3.8) is 0 Å². The van der Waals surface area contributed by atoms with Crippen LogP contribution in [-0.4, -0.2) is 23.8 Å². The molecule has 0 saturated heterocycles. The molecule has 2 nitrogen and oxygen atoms in total. The number of hydrogen-bond donors (Lipinski definition) is 0. The largest absolute Gasteiger partial charge is 0.372 e. The van der Waals surface area contributed by atoms with Gasteiger partial charge in [0.25, 0.3) is 0 Å². The molecule has 0 N–H and O–H groups in total. The van der Waals surface area contributed by atoms with Gasteiger partial charge in [-0.25, -0.2) is 0 Å². The molecular formula is C21H27NO. The summed E-state index contributed by atoms with van der Waals surface area (Å²) in [7, 11) is 2.14. The number of rotatable bonds is 4. The van der Waals surface area contributed by atoms with Crippen molar-refractivity contribution in [2.24, 2.45) is 5.92 Å². The third kappa shape index (κ3) is 2.87. The Hall–Kier alpha value is -1.83. The second-order valence-electron chi connectivity index (χ2n) is 7.11. The van der Waals surface area contributed by atoms with Crippen LogP contribution in [0.3, 0.4) is 0 Å². The number of carbonyl (C=O) groups excluding carboxylic acids is 1. The average Bonchev–Trinajstić information content (AvgIpc) is 2.86. The number of hydrogen-bond acceptors (Lipinski definition) is 2. The van der Waals surface area contributed by atoms with Gasteiger partial charge in [0, 0.05) is 42.3 Å². The van der Waals surface area contributed by atoms with Crippen LogP contribution in [-0.2, 0) is 4.79 Å². The molecule has 3 rings (SSSR count). The number of Topliss-reactive ketones (excluding diaryl/α,β-unsaturated/α-hetero) is 1. The van der Waals surface area contributed by atoms with Crippen LogP contribution in [0, 0.1) is 5.92 Å². The second-order valence-corrected chi connectivity index (χ2v) is 7.11. The van der Waals surface area contributed by atoms with Crippen molar-refractivity contribution < 1.29 is 4.79 Å². The van der Waals surface area contributed by atoms with Gasteiger partial charge in [-0.3, -0.25) is 4.79 Å². The molecule has 1 unspecified atom stereocenters. The van der Waals surface area contributed by atoms with Gasteiger partial charge in [0.1, 0.15) is 0 Å². The summed E-state index contributed by atoms with van der Waals surface area (Å²) in [5, 5.41) is 0. The number of ketones is 1. The molecule has 2 fully saturated rings. The minimum Gasteiger partial charge on any atom is -0.372 e. The van der Waals surface area contributed by atoms with Crippen molar-refractivity contribution in [1.29, 1.82) is 0 Å². The van der Waals surface area contributed by atoms with Gasteiger partial charge in [-0.15, -0.1) is 0 Å². The summed E-state index contributed by atoms with van der Waals surface area (Å²) < 4.78 is 0. The summed E-state index contributed by atoms with van der Waals surface area (Å²) >= 11 is 0. The van der Waals surface area contributed by atoms with Crippen LogP contribution in [0.15, 0.2) is 59.9 Å². The number of nitrogens with zero attached hydrogens (tertiary/aromatic N) is 1. The third-order valence-electron chi connectivity index (χ3n) is 5.75. The summed E-state index contributed by atoms with van der Waals surface area (Å²) in [5.74, 6) is 0.417. The van der Waals surface area contributed by atoms with Gasteiger partial charge < -0.3 is 4.90 Å². The molecule has 3 aliphatic carbocycles. The van der Waals surface area contributed by atoms with Crippen LogP contribution >= 0.6 is 0 Å². The monoisotopic (exact) mass is 309 g/mol. The van der Waals surface area contributed by atoms with E-state index in [1.54, 1.807) is 0 Å². The highest BCUT2D eigenvalue weighted by molar-refractivity contribution is 6.02. The zero-order valence-corrected chi connectivity index (χ0v) is 14.2. The highest BCUT2D eigenvalue weighted by Crippen LogP contribution is 2.43. The zero-order chi connectivity index (χ0) is 16.6. The van der Waals surface area contributed by atoms with Crippen molar-refractivity contribution in [2.75, 3.05) is 7.05 Å². The minimum absolute atomic E-state index is 0.187. The summed E-state index contributed by atoms with van der Waals surface area (Å²) in [5.41, 5.74) is 5.30. The molecule has 2 saturated carbocycles. The Labute approximate surface area is 139 Å². The lowest BCUT2D eigenvalue weighted by Crippen LogP contribution is -2.33. The molecule has 0 amide bonds. The smallest absolute Gasteiger partial charge is 0.163 e. The van der Waals surface area contributed by atoms with E-state index in [9.17, 15) is 4.79 Å². The van der Waals surface area contributed by atoms with Crippen LogP contribution < -0.4 is 0 Å². The molecule has 23 heavy (non-hydrogen) atoms. The molecule has 0 spiro atoms. The highest BCUT2D eigenvalue weighted by Gasteiger charge is 2.36. The lowest BCUT2D eigenvalue weighted by atomic mass is 9.82. The van der Waals surface area contributed by atoms with Crippen LogP contribution in [0.4, 0.5) is 0 Å². The van der Waals surface area contributed by atoms with E-state index in [-0.39, 0.29) is 11.7 Å². The van der Waals surface area contributed by atoms with E-state index >= 15 is 0 Å². The van der Waals surface area contributed by atoms with Crippen molar-refractivity contribution in [3.05, 3.63) is 59.9 Å². The van der Waals surface area contributed by atoms with E-state index in [1.165, 1.54) is 37.7 Å². The van der Waals surface area contributed by atoms with Gasteiger partial charge in [-0.2, -0.15) is 0 Å². The molecule has 0 bridgehead atoms. The first-order chi connectivity index (χ1) is 11.0. The van der Waals surface area contributed by atoms with E-state index in [1.807, 2.05) is 6.08 Å². The summed E-state index contributed by atoms with van der Waals surface area (Å²) in [6.07, 6.45) is 11.8. The molecule has 0 aliphatic heterocycles. The van der Waals surface area contributed by atoms with E-state index < -0.39 is 0 Å². The molecule has 122 valence electrons. The fourth-order valence-electron chi connectivity index (χ4n) is 4.20. The van der Waals surface area contributed by atoms with Crippen LogP contribution in [0.2, 0.25) is 0 Å². The van der Waals surface area contributed by atoms with Crippen molar-refractivity contribution in [3.8, 4) is 0 Å². The summed E-state index contributed by atoms with van der Waals surface area (Å²) in [6, 6.07) is 0.570. The van der Waals surface area contributed by atoms with E-state index in [0.717, 1.165) is 28.8 Å². The SMILES string of the molecule is C=CC1=C(C(=C)N(C)C2CCCCC2)C=C2C(=O)CC(=C)C2C1. The van der Waals surface area contributed by atoms with Gasteiger partial charge in [0.2, 0.25) is 0 Å². The molecule has 2 heteroatoms. The predicted molar refractivity (Wildman–Crippen MR) is 96.0 cm³/mol. The fourth-order valence-corrected chi connectivity index (χ4v) is 4.20. The molecule has 3 aliphatic rings. The Morgan fingerprint density at radius 3 is 2.65 bits per heavy atom. The Morgan fingerprint density at radius 2 is 2.00 bits per heavy atom. The lowest BCUT2D eigenvalue weighted by molar-refractivity contribution is -0.114. The summed E-state index contributed by atoms with van der Waals surface area (Å²) in [6.45, 7) is 12.4. The average molecular weight is 309 g/mol. The molecular weight excluding hydrogens is 282 g/mol. The predicted octanol–water partition coefficient (Wildman–Crippen LogP) is 4.72. The van der Waals surface area contributed by atoms with Crippen LogP contribution in [0.5, 0.6) is 0 Å². The maximum atomic E-state index is 12.2. The van der Waals surface area contributed by atoms with Crippen molar-refractivity contribution in [1.82, 2.24) is 4.90 Å². The molecule has 0 aromatic heterocycles. The van der Waals surface area contributed by atoms with Crippen molar-refractivity contribution >= 4 is 5.78 Å². The topological polar surface area (TPSA) is 20.3 Å². The Bertz CT molecular complexity index is 628. The maximum Gasteiger partial charge on any atom is 0.163 e. The number of carbonyl (C=O) groups is 1. The van der Waals surface area contributed by atoms with Crippen molar-refractivity contribution in [2.45, 2.75) is 51.0 Å². The van der Waals surface area contributed by atoms with Crippen LogP contribution in [0.25, 0.3) is 0 Å². The Morgan fingerprint density at radius 1 is 1.30 bits per heavy atom. The standard InChI is InChI=1S/C21H27NO/c1-5-16-12-18-14(2)11-21(23)20(18)13-19(16)15(3)22(4)17-9-7-6-8-10-17/h5,13,17-18H,1-3,6-12H2,4H3. The van der Waals surface area contributed by atoms with E-state index in [2.05, 4.69) is 37.8 Å². The normalized spacial score (nSPS) is 25.3. The number of likely N-dealkylation sites (N-methyl/N-ethyl adjacent to an activating group) is 1. The van der Waals surface area contributed by atoms with Gasteiger partial charge in [0.05, 0.1) is 0 Å². The first-order valence-electron chi connectivity index (χ1n) is 8.73. The minimum atomic E-state index is 0.187. The quantitative estimate of drug-likeness (QED) is 0.700. The third-order valence-corrected chi connectivity index (χ3v) is 5.75. The number of allylic oxidation sites excluding steroid dienone is 5. The molecule has 0 heterocycles. The van der Waals surface area contributed by atoms with Gasteiger partial charge in [0.15, 0.2) is 5.78 Å². The number of fused-ring (bicyclic) bond motifs is 1. The highest BCUT2D eigenvalue weighted by atomic mass is 16.1. The first-order valence-corrected chi connectivity index (χ1v) is 8.73. The molecule has 1 atom stereocenters. The van der Waals surface area contributed by atoms with Gasteiger partial charge >= 0.3 is 0 Å². The maximum absolute atomic E-state index is 12.2.